The molecule has 2 fully saturated rings. The molecule has 0 spiro atoms. The predicted octanol–water partition coefficient (Wildman–Crippen LogP) is 3.47. The molecule has 3 aromatic rings. The maximum atomic E-state index is 13.3. The Balaban J connectivity index is 1.37. The second-order valence-corrected chi connectivity index (χ2v) is 8.72. The zero-order chi connectivity index (χ0) is 21.9. The molecule has 2 N–H and O–H groups in total. The van der Waals surface area contributed by atoms with Gasteiger partial charge < -0.3 is 19.8 Å². The molecule has 168 valence electrons. The lowest BCUT2D eigenvalue weighted by Crippen LogP contribution is -2.47. The van der Waals surface area contributed by atoms with Gasteiger partial charge in [-0.1, -0.05) is 18.2 Å². The molecule has 3 aliphatic heterocycles. The number of halogens is 3. The number of ether oxygens (including phenoxy) is 2. The van der Waals surface area contributed by atoms with Crippen LogP contribution in [0.3, 0.4) is 0 Å². The molecule has 5 heterocycles. The smallest absolute Gasteiger partial charge is 0.431 e. The highest BCUT2D eigenvalue weighted by atomic mass is 19.4. The van der Waals surface area contributed by atoms with Crippen molar-refractivity contribution in [3.63, 3.8) is 0 Å². The van der Waals surface area contributed by atoms with E-state index in [4.69, 9.17) is 9.47 Å². The Bertz CT molecular complexity index is 1140. The predicted molar refractivity (Wildman–Crippen MR) is 110 cm³/mol. The van der Waals surface area contributed by atoms with Crippen LogP contribution in [-0.2, 0) is 10.9 Å². The van der Waals surface area contributed by atoms with Crippen molar-refractivity contribution in [1.82, 2.24) is 19.9 Å². The molecule has 1 unspecified atom stereocenters. The first-order chi connectivity index (χ1) is 15.5. The van der Waals surface area contributed by atoms with E-state index in [0.717, 1.165) is 43.7 Å². The molecular formula is C22H22F3N5O2. The number of nitrogens with one attached hydrogen (secondary N) is 2. The molecule has 2 aromatic heterocycles. The van der Waals surface area contributed by atoms with Gasteiger partial charge in [0, 0.05) is 30.5 Å². The first kappa shape index (κ1) is 19.8. The summed E-state index contributed by atoms with van der Waals surface area (Å²) >= 11 is 0. The Morgan fingerprint density at radius 1 is 1.06 bits per heavy atom. The molecule has 2 saturated heterocycles. The van der Waals surface area contributed by atoms with Crippen molar-refractivity contribution in [2.75, 3.05) is 38.2 Å². The van der Waals surface area contributed by atoms with Crippen LogP contribution in [0.2, 0.25) is 0 Å². The molecule has 10 heteroatoms. The summed E-state index contributed by atoms with van der Waals surface area (Å²) in [6, 6.07) is 8.66. The molecule has 7 nitrogen and oxygen atoms in total. The zero-order valence-corrected chi connectivity index (χ0v) is 17.1. The Labute approximate surface area is 181 Å². The lowest BCUT2D eigenvalue weighted by atomic mass is 9.95. The summed E-state index contributed by atoms with van der Waals surface area (Å²) in [5.41, 5.74) is 0.280. The SMILES string of the molecule is FC(F)(F)c1cc2c(N[C@@H]3c4ccccc4OC[C@H]3N3CC4COC[C@@H]4C3)ncnc2[nH]1. The fraction of sp³-hybridized carbons (Fsp3) is 0.455. The van der Waals surface area contributed by atoms with Gasteiger partial charge in [-0.15, -0.1) is 0 Å². The first-order valence-corrected chi connectivity index (χ1v) is 10.7. The van der Waals surface area contributed by atoms with Crippen LogP contribution in [0.15, 0.2) is 36.7 Å². The van der Waals surface area contributed by atoms with E-state index in [1.54, 1.807) is 0 Å². The number of rotatable bonds is 3. The Morgan fingerprint density at radius 3 is 2.62 bits per heavy atom. The van der Waals surface area contributed by atoms with Crippen molar-refractivity contribution in [2.45, 2.75) is 18.3 Å². The number of hydrogen-bond donors (Lipinski definition) is 2. The molecule has 0 amide bonds. The van der Waals surface area contributed by atoms with E-state index in [1.807, 2.05) is 24.3 Å². The Hall–Kier alpha value is -2.85. The van der Waals surface area contributed by atoms with Crippen molar-refractivity contribution < 1.29 is 22.6 Å². The molecular weight excluding hydrogens is 423 g/mol. The van der Waals surface area contributed by atoms with Crippen molar-refractivity contribution in [3.8, 4) is 5.75 Å². The Morgan fingerprint density at radius 2 is 1.84 bits per heavy atom. The lowest BCUT2D eigenvalue weighted by molar-refractivity contribution is -0.140. The third-order valence-electron chi connectivity index (χ3n) is 6.81. The molecule has 6 rings (SSSR count). The second kappa shape index (κ2) is 7.35. The van der Waals surface area contributed by atoms with E-state index in [1.165, 1.54) is 6.33 Å². The number of fused-ring (bicyclic) bond motifs is 3. The van der Waals surface area contributed by atoms with Crippen LogP contribution in [0.5, 0.6) is 5.75 Å². The van der Waals surface area contributed by atoms with Crippen LogP contribution in [0.25, 0.3) is 11.0 Å². The number of para-hydroxylation sites is 1. The first-order valence-electron chi connectivity index (χ1n) is 10.7. The highest BCUT2D eigenvalue weighted by Gasteiger charge is 2.44. The zero-order valence-electron chi connectivity index (χ0n) is 17.1. The van der Waals surface area contributed by atoms with Gasteiger partial charge in [0.25, 0.3) is 0 Å². The fourth-order valence-corrected chi connectivity index (χ4v) is 5.19. The summed E-state index contributed by atoms with van der Waals surface area (Å²) < 4.78 is 51.5. The maximum absolute atomic E-state index is 13.3. The van der Waals surface area contributed by atoms with E-state index in [-0.39, 0.29) is 17.7 Å². The number of aromatic amines is 1. The Kier molecular flexibility index (Phi) is 4.55. The molecule has 0 bridgehead atoms. The minimum Gasteiger partial charge on any atom is -0.491 e. The van der Waals surface area contributed by atoms with Crippen molar-refractivity contribution in [1.29, 1.82) is 0 Å². The second-order valence-electron chi connectivity index (χ2n) is 8.72. The van der Waals surface area contributed by atoms with Gasteiger partial charge in [-0.3, -0.25) is 4.90 Å². The normalized spacial score (nSPS) is 27.8. The average molecular weight is 445 g/mol. The maximum Gasteiger partial charge on any atom is 0.431 e. The summed E-state index contributed by atoms with van der Waals surface area (Å²) in [5, 5.41) is 3.76. The molecule has 3 aliphatic rings. The molecule has 0 radical (unpaired) electrons. The number of aromatic nitrogens is 3. The molecule has 4 atom stereocenters. The minimum absolute atomic E-state index is 0.0153. The molecule has 32 heavy (non-hydrogen) atoms. The van der Waals surface area contributed by atoms with E-state index < -0.39 is 11.9 Å². The van der Waals surface area contributed by atoms with Gasteiger partial charge in [0.05, 0.1) is 30.7 Å². The van der Waals surface area contributed by atoms with Crippen LogP contribution >= 0.6 is 0 Å². The van der Waals surface area contributed by atoms with Gasteiger partial charge in [0.2, 0.25) is 0 Å². The summed E-state index contributed by atoms with van der Waals surface area (Å²) in [7, 11) is 0. The summed E-state index contributed by atoms with van der Waals surface area (Å²) in [5.74, 6) is 2.17. The third-order valence-corrected chi connectivity index (χ3v) is 6.81. The number of nitrogens with zero attached hydrogens (tertiary/aromatic N) is 3. The number of alkyl halides is 3. The van der Waals surface area contributed by atoms with Gasteiger partial charge in [0.15, 0.2) is 0 Å². The monoisotopic (exact) mass is 445 g/mol. The van der Waals surface area contributed by atoms with E-state index in [9.17, 15) is 13.2 Å². The van der Waals surface area contributed by atoms with Crippen LogP contribution in [0.1, 0.15) is 17.3 Å². The van der Waals surface area contributed by atoms with Crippen LogP contribution in [-0.4, -0.2) is 58.8 Å². The highest BCUT2D eigenvalue weighted by Crippen LogP contribution is 2.41. The van der Waals surface area contributed by atoms with Crippen molar-refractivity contribution in [3.05, 3.63) is 47.9 Å². The van der Waals surface area contributed by atoms with Crippen molar-refractivity contribution in [2.24, 2.45) is 11.8 Å². The van der Waals surface area contributed by atoms with Crippen molar-refractivity contribution >= 4 is 16.9 Å². The number of likely N-dealkylation sites (tertiary alicyclic amines) is 1. The average Bonchev–Trinajstić information content (AvgIpc) is 3.48. The largest absolute Gasteiger partial charge is 0.491 e. The minimum atomic E-state index is -4.48. The molecule has 1 aromatic carbocycles. The van der Waals surface area contributed by atoms with E-state index in [0.29, 0.717) is 29.6 Å². The topological polar surface area (TPSA) is 75.3 Å². The summed E-state index contributed by atoms with van der Waals surface area (Å²) in [6.45, 7) is 3.88. The number of anilines is 1. The van der Waals surface area contributed by atoms with Crippen LogP contribution < -0.4 is 10.1 Å². The fourth-order valence-electron chi connectivity index (χ4n) is 5.19. The van der Waals surface area contributed by atoms with Gasteiger partial charge in [-0.2, -0.15) is 13.2 Å². The standard InChI is InChI=1S/C22H22F3N5O2/c23-22(24,25)18-5-15-20(28-18)26-11-27-21(15)29-19-14-3-1-2-4-17(14)32-10-16(19)30-6-12-8-31-9-13(12)7-30/h1-5,11-13,16,19H,6-10H2,(H2,26,27,28,29)/t12-,13?,16+,19+/m0/s1. The van der Waals surface area contributed by atoms with Crippen LogP contribution in [0, 0.1) is 11.8 Å². The third kappa shape index (κ3) is 3.29. The lowest BCUT2D eigenvalue weighted by Gasteiger charge is -2.39. The quantitative estimate of drug-likeness (QED) is 0.643. The number of benzene rings is 1. The summed E-state index contributed by atoms with van der Waals surface area (Å²) in [6.07, 6.45) is -3.21. The number of H-pyrrole nitrogens is 1. The summed E-state index contributed by atoms with van der Waals surface area (Å²) in [4.78, 5) is 13.1. The van der Waals surface area contributed by atoms with Gasteiger partial charge in [-0.05, 0) is 12.1 Å². The molecule has 0 saturated carbocycles. The van der Waals surface area contributed by atoms with Gasteiger partial charge in [0.1, 0.15) is 35.8 Å². The molecule has 0 aliphatic carbocycles. The van der Waals surface area contributed by atoms with E-state index in [2.05, 4.69) is 25.2 Å². The number of hydrogen-bond acceptors (Lipinski definition) is 6. The van der Waals surface area contributed by atoms with Gasteiger partial charge in [-0.25, -0.2) is 9.97 Å². The van der Waals surface area contributed by atoms with Gasteiger partial charge >= 0.3 is 6.18 Å². The van der Waals surface area contributed by atoms with Crippen LogP contribution in [0.4, 0.5) is 19.0 Å². The van der Waals surface area contributed by atoms with E-state index >= 15 is 0 Å². The highest BCUT2D eigenvalue weighted by molar-refractivity contribution is 5.88.